The normalized spacial score (nSPS) is 11.8. The highest BCUT2D eigenvalue weighted by molar-refractivity contribution is 6.25. The molecular formula is C49H30N2O. The van der Waals surface area contributed by atoms with Crippen LogP contribution in [0.25, 0.3) is 105 Å². The van der Waals surface area contributed by atoms with Crippen molar-refractivity contribution in [2.75, 3.05) is 0 Å². The molecule has 0 aliphatic carbocycles. The van der Waals surface area contributed by atoms with Crippen molar-refractivity contribution in [2.24, 2.45) is 0 Å². The van der Waals surface area contributed by atoms with Gasteiger partial charge in [0.15, 0.2) is 0 Å². The molecular weight excluding hydrogens is 633 g/mol. The maximum atomic E-state index is 7.19. The average Bonchev–Trinajstić information content (AvgIpc) is 3.76. The highest BCUT2D eigenvalue weighted by Gasteiger charge is 2.22. The van der Waals surface area contributed by atoms with Gasteiger partial charge in [0.1, 0.15) is 11.2 Å². The van der Waals surface area contributed by atoms with E-state index in [0.29, 0.717) is 0 Å². The van der Waals surface area contributed by atoms with Gasteiger partial charge in [0.2, 0.25) is 0 Å². The van der Waals surface area contributed by atoms with Gasteiger partial charge in [0.05, 0.1) is 27.6 Å². The molecule has 0 aliphatic heterocycles. The van der Waals surface area contributed by atoms with Gasteiger partial charge in [-0.3, -0.25) is 0 Å². The molecule has 0 aliphatic rings. The molecule has 3 heterocycles. The number of hydrogen-bond acceptors (Lipinski definition) is 2. The molecule has 3 nitrogen and oxygen atoms in total. The second-order valence-corrected chi connectivity index (χ2v) is 13.5. The largest absolute Gasteiger partial charge is 0.455 e. The van der Waals surface area contributed by atoms with Gasteiger partial charge in [-0.25, -0.2) is 4.98 Å². The third-order valence-electron chi connectivity index (χ3n) is 10.6. The van der Waals surface area contributed by atoms with Crippen LogP contribution in [-0.4, -0.2) is 9.55 Å². The van der Waals surface area contributed by atoms with Crippen LogP contribution >= 0.6 is 0 Å². The van der Waals surface area contributed by atoms with Gasteiger partial charge >= 0.3 is 0 Å². The summed E-state index contributed by atoms with van der Waals surface area (Å²) in [6, 6.07) is 64.8. The molecule has 0 unspecified atom stereocenters. The van der Waals surface area contributed by atoms with Crippen LogP contribution in [0.1, 0.15) is 0 Å². The van der Waals surface area contributed by atoms with Crippen LogP contribution in [0, 0.1) is 0 Å². The summed E-state index contributed by atoms with van der Waals surface area (Å²) < 4.78 is 9.55. The number of hydrogen-bond donors (Lipinski definition) is 0. The molecule has 11 aromatic rings. The van der Waals surface area contributed by atoms with Crippen molar-refractivity contribution in [1.29, 1.82) is 0 Å². The zero-order valence-corrected chi connectivity index (χ0v) is 28.1. The van der Waals surface area contributed by atoms with Crippen molar-refractivity contribution >= 4 is 65.4 Å². The van der Waals surface area contributed by atoms with Crippen molar-refractivity contribution in [1.82, 2.24) is 9.55 Å². The molecule has 52 heavy (non-hydrogen) atoms. The smallest absolute Gasteiger partial charge is 0.145 e. The molecule has 0 atom stereocenters. The maximum absolute atomic E-state index is 7.19. The minimum absolute atomic E-state index is 0.881. The summed E-state index contributed by atoms with van der Waals surface area (Å²) in [6.07, 6.45) is 0. The Morgan fingerprint density at radius 1 is 0.404 bits per heavy atom. The SMILES string of the molecule is c1ccc(-c2cc(-c3cccc4c3oc3c4ccc4c3c3cc(-c5cccc6ccccc56)ccc3n4-c3ccccc3)c3ccccc3n2)cc1. The van der Waals surface area contributed by atoms with Crippen molar-refractivity contribution in [3.05, 3.63) is 182 Å². The molecule has 8 aromatic carbocycles. The summed E-state index contributed by atoms with van der Waals surface area (Å²) in [5, 5.41) is 8.06. The number of aromatic nitrogens is 2. The van der Waals surface area contributed by atoms with Crippen LogP contribution in [-0.2, 0) is 0 Å². The van der Waals surface area contributed by atoms with E-state index in [2.05, 4.69) is 180 Å². The Hall–Kier alpha value is -6.97. The number of fused-ring (bicyclic) bond motifs is 9. The van der Waals surface area contributed by atoms with E-state index in [4.69, 9.17) is 9.40 Å². The molecule has 0 fully saturated rings. The zero-order valence-electron chi connectivity index (χ0n) is 28.1. The molecule has 3 aromatic heterocycles. The molecule has 0 amide bonds. The van der Waals surface area contributed by atoms with Crippen LogP contribution < -0.4 is 0 Å². The zero-order chi connectivity index (χ0) is 34.2. The Morgan fingerprint density at radius 2 is 1.08 bits per heavy atom. The molecule has 3 heteroatoms. The Labute approximate surface area is 299 Å². The van der Waals surface area contributed by atoms with E-state index in [1.165, 1.54) is 21.9 Å². The number of furan rings is 1. The van der Waals surface area contributed by atoms with Crippen LogP contribution in [0.3, 0.4) is 0 Å². The predicted octanol–water partition coefficient (Wildman–Crippen LogP) is 13.4. The monoisotopic (exact) mass is 662 g/mol. The van der Waals surface area contributed by atoms with Crippen LogP contribution in [0.5, 0.6) is 0 Å². The number of benzene rings is 8. The average molecular weight is 663 g/mol. The summed E-state index contributed by atoms with van der Waals surface area (Å²) in [6.45, 7) is 0. The lowest BCUT2D eigenvalue weighted by Crippen LogP contribution is -1.93. The summed E-state index contributed by atoms with van der Waals surface area (Å²) in [5.41, 5.74) is 12.7. The number of para-hydroxylation sites is 3. The van der Waals surface area contributed by atoms with E-state index in [1.807, 2.05) is 6.07 Å². The molecule has 11 rings (SSSR count). The fourth-order valence-corrected chi connectivity index (χ4v) is 8.23. The van der Waals surface area contributed by atoms with Crippen LogP contribution in [0.2, 0.25) is 0 Å². The number of rotatable bonds is 4. The second-order valence-electron chi connectivity index (χ2n) is 13.5. The predicted molar refractivity (Wildman–Crippen MR) is 217 cm³/mol. The minimum Gasteiger partial charge on any atom is -0.455 e. The first-order valence-electron chi connectivity index (χ1n) is 17.7. The van der Waals surface area contributed by atoms with E-state index in [1.54, 1.807) is 0 Å². The lowest BCUT2D eigenvalue weighted by molar-refractivity contribution is 0.674. The first-order chi connectivity index (χ1) is 25.8. The summed E-state index contributed by atoms with van der Waals surface area (Å²) in [7, 11) is 0. The molecule has 0 spiro atoms. The summed E-state index contributed by atoms with van der Waals surface area (Å²) in [4.78, 5) is 5.08. The first-order valence-corrected chi connectivity index (χ1v) is 17.7. The molecule has 0 N–H and O–H groups in total. The lowest BCUT2D eigenvalue weighted by Gasteiger charge is -2.11. The van der Waals surface area contributed by atoms with Crippen LogP contribution in [0.15, 0.2) is 186 Å². The van der Waals surface area contributed by atoms with Crippen molar-refractivity contribution in [3.8, 4) is 39.2 Å². The summed E-state index contributed by atoms with van der Waals surface area (Å²) in [5.74, 6) is 0. The number of pyridine rings is 1. The van der Waals surface area contributed by atoms with Crippen molar-refractivity contribution in [3.63, 3.8) is 0 Å². The van der Waals surface area contributed by atoms with E-state index in [-0.39, 0.29) is 0 Å². The standard InChI is InChI=1S/C49H30N2O/c1-3-14-32(15-4-1)44-30-41(37-20-9-10-24-43(37)50-44)39-23-12-22-38-40-26-28-46-47(49(40)52-48(38)39)42-29-33(36-21-11-16-31-13-7-8-19-35(31)36)25-27-45(42)51(46)34-17-5-2-6-18-34/h1-30H. The van der Waals surface area contributed by atoms with Gasteiger partial charge in [-0.1, -0.05) is 133 Å². The fraction of sp³-hybridized carbons (Fsp3) is 0. The van der Waals surface area contributed by atoms with Crippen molar-refractivity contribution in [2.45, 2.75) is 0 Å². The highest BCUT2D eigenvalue weighted by Crippen LogP contribution is 2.45. The summed E-state index contributed by atoms with van der Waals surface area (Å²) >= 11 is 0. The third kappa shape index (κ3) is 4.30. The van der Waals surface area contributed by atoms with Gasteiger partial charge in [-0.15, -0.1) is 0 Å². The van der Waals surface area contributed by atoms with Crippen LogP contribution in [0.4, 0.5) is 0 Å². The van der Waals surface area contributed by atoms with E-state index < -0.39 is 0 Å². The quantitative estimate of drug-likeness (QED) is 0.188. The van der Waals surface area contributed by atoms with Crippen molar-refractivity contribution < 1.29 is 4.42 Å². The maximum Gasteiger partial charge on any atom is 0.145 e. The highest BCUT2D eigenvalue weighted by atomic mass is 16.3. The molecule has 0 saturated heterocycles. The van der Waals surface area contributed by atoms with E-state index in [9.17, 15) is 0 Å². The Kier molecular flexibility index (Phi) is 6.25. The van der Waals surface area contributed by atoms with E-state index >= 15 is 0 Å². The number of nitrogens with zero attached hydrogens (tertiary/aromatic N) is 2. The third-order valence-corrected chi connectivity index (χ3v) is 10.6. The van der Waals surface area contributed by atoms with Gasteiger partial charge in [-0.2, -0.15) is 0 Å². The van der Waals surface area contributed by atoms with Gasteiger partial charge < -0.3 is 8.98 Å². The molecule has 0 radical (unpaired) electrons. The Morgan fingerprint density at radius 3 is 1.96 bits per heavy atom. The Bertz CT molecular complexity index is 3170. The lowest BCUT2D eigenvalue weighted by atomic mass is 9.96. The fourth-order valence-electron chi connectivity index (χ4n) is 8.23. The Balaban J connectivity index is 1.23. The topological polar surface area (TPSA) is 31.0 Å². The minimum atomic E-state index is 0.881. The molecule has 0 bridgehead atoms. The molecule has 0 saturated carbocycles. The van der Waals surface area contributed by atoms with Gasteiger partial charge in [0, 0.05) is 38.4 Å². The molecule has 242 valence electrons. The van der Waals surface area contributed by atoms with Gasteiger partial charge in [-0.05, 0) is 76.0 Å². The second kappa shape index (κ2) is 11.3. The first kappa shape index (κ1) is 28.8. The van der Waals surface area contributed by atoms with E-state index in [0.717, 1.165) is 82.7 Å². The van der Waals surface area contributed by atoms with Gasteiger partial charge in [0.25, 0.3) is 0 Å².